The Balaban J connectivity index is 2.01. The maximum atomic E-state index is 13.3. The quantitative estimate of drug-likeness (QED) is 0.273. The second-order valence-corrected chi connectivity index (χ2v) is 9.93. The van der Waals surface area contributed by atoms with E-state index in [0.717, 1.165) is 12.1 Å². The highest BCUT2D eigenvalue weighted by Crippen LogP contribution is 2.50. The van der Waals surface area contributed by atoms with Crippen molar-refractivity contribution in [1.29, 1.82) is 5.26 Å². The highest BCUT2D eigenvalue weighted by atomic mass is 19.4. The molecule has 1 aliphatic heterocycles. The van der Waals surface area contributed by atoms with E-state index < -0.39 is 41.3 Å². The van der Waals surface area contributed by atoms with Gasteiger partial charge in [0.2, 0.25) is 0 Å². The number of aliphatic carboxylic acids is 1. The van der Waals surface area contributed by atoms with E-state index >= 15 is 0 Å². The minimum Gasteiger partial charge on any atom is -0.481 e. The van der Waals surface area contributed by atoms with Crippen molar-refractivity contribution in [1.82, 2.24) is 9.47 Å². The van der Waals surface area contributed by atoms with Crippen molar-refractivity contribution in [2.45, 2.75) is 57.5 Å². The Morgan fingerprint density at radius 1 is 1.05 bits per heavy atom. The molecule has 0 unspecified atom stereocenters. The molecule has 1 fully saturated rings. The summed E-state index contributed by atoms with van der Waals surface area (Å²) in [5.74, 6) is -2.28. The largest absolute Gasteiger partial charge is 0.481 e. The van der Waals surface area contributed by atoms with Gasteiger partial charge in [-0.3, -0.25) is 9.59 Å². The van der Waals surface area contributed by atoms with E-state index in [1.165, 1.54) is 11.0 Å². The molecule has 13 heteroatoms. The summed E-state index contributed by atoms with van der Waals surface area (Å²) in [6.45, 7) is 5.57. The number of nitrogens with zero attached hydrogens (tertiary/aromatic N) is 3. The number of aliphatic hydroxyl groups is 1. The molecule has 0 atom stereocenters. The molecule has 0 bridgehead atoms. The highest BCUT2D eigenvalue weighted by Gasteiger charge is 2.71. The number of carboxylic acid groups (broad SMARTS) is 1. The second kappa shape index (κ2) is 11.0. The van der Waals surface area contributed by atoms with Gasteiger partial charge >= 0.3 is 18.3 Å². The first-order valence-corrected chi connectivity index (χ1v) is 12.3. The van der Waals surface area contributed by atoms with Crippen LogP contribution in [0.2, 0.25) is 0 Å². The van der Waals surface area contributed by atoms with Gasteiger partial charge in [-0.2, -0.15) is 31.6 Å². The van der Waals surface area contributed by atoms with Crippen LogP contribution in [0.15, 0.2) is 35.9 Å². The summed E-state index contributed by atoms with van der Waals surface area (Å²) in [6, 6.07) is 6.68. The van der Waals surface area contributed by atoms with Gasteiger partial charge in [0.05, 0.1) is 5.92 Å². The van der Waals surface area contributed by atoms with Crippen molar-refractivity contribution in [3.63, 3.8) is 0 Å². The molecule has 1 aliphatic rings. The van der Waals surface area contributed by atoms with Crippen molar-refractivity contribution in [3.8, 4) is 11.8 Å². The van der Waals surface area contributed by atoms with Crippen LogP contribution in [0.25, 0.3) is 11.8 Å². The zero-order chi connectivity index (χ0) is 30.2. The molecule has 1 aromatic carbocycles. The van der Waals surface area contributed by atoms with Crippen molar-refractivity contribution >= 4 is 18.0 Å². The molecule has 1 saturated heterocycles. The number of hydrogen-bond donors (Lipinski definition) is 2. The van der Waals surface area contributed by atoms with Gasteiger partial charge in [-0.25, -0.2) is 0 Å². The summed E-state index contributed by atoms with van der Waals surface area (Å²) in [4.78, 5) is 25.6. The van der Waals surface area contributed by atoms with Crippen molar-refractivity contribution in [2.24, 2.45) is 5.92 Å². The van der Waals surface area contributed by atoms with Crippen LogP contribution in [0.5, 0.6) is 0 Å². The van der Waals surface area contributed by atoms with Gasteiger partial charge in [0.25, 0.3) is 11.5 Å². The van der Waals surface area contributed by atoms with E-state index in [0.29, 0.717) is 29.1 Å². The van der Waals surface area contributed by atoms with Gasteiger partial charge in [-0.15, -0.1) is 0 Å². The first-order chi connectivity index (χ1) is 18.4. The number of carbonyl (C=O) groups is 2. The third-order valence-electron chi connectivity index (χ3n) is 7.05. The number of carbonyl (C=O) groups excluding carboxylic acids is 1. The van der Waals surface area contributed by atoms with E-state index in [1.807, 2.05) is 19.9 Å². The maximum absolute atomic E-state index is 13.3. The molecular weight excluding hydrogens is 544 g/mol. The summed E-state index contributed by atoms with van der Waals surface area (Å²) in [5.41, 5.74) is -4.96. The van der Waals surface area contributed by atoms with Crippen LogP contribution < -0.4 is 0 Å². The molecule has 40 heavy (non-hydrogen) atoms. The fourth-order valence-corrected chi connectivity index (χ4v) is 4.70. The lowest BCUT2D eigenvalue weighted by molar-refractivity contribution is -0.376. The number of benzene rings is 1. The second-order valence-electron chi connectivity index (χ2n) is 9.93. The number of alkyl halides is 6. The lowest BCUT2D eigenvalue weighted by Crippen LogP contribution is -2.53. The van der Waals surface area contributed by atoms with Crippen LogP contribution in [0, 0.1) is 24.2 Å². The minimum atomic E-state index is -6.01. The molecule has 216 valence electrons. The number of halogens is 6. The molecule has 0 aliphatic carbocycles. The summed E-state index contributed by atoms with van der Waals surface area (Å²) in [7, 11) is 0. The normalized spacial score (nSPS) is 15.8. The van der Waals surface area contributed by atoms with Gasteiger partial charge in [-0.05, 0) is 55.5 Å². The first-order valence-electron chi connectivity index (χ1n) is 12.3. The van der Waals surface area contributed by atoms with Crippen LogP contribution in [0.3, 0.4) is 0 Å². The number of nitriles is 1. The Hall–Kier alpha value is -3.79. The predicted molar refractivity (Wildman–Crippen MR) is 131 cm³/mol. The third-order valence-corrected chi connectivity index (χ3v) is 7.05. The highest BCUT2D eigenvalue weighted by molar-refractivity contribution is 6.02. The Bertz CT molecular complexity index is 1330. The number of aromatic nitrogens is 1. The van der Waals surface area contributed by atoms with E-state index in [2.05, 4.69) is 0 Å². The van der Waals surface area contributed by atoms with E-state index in [4.69, 9.17) is 5.11 Å². The van der Waals surface area contributed by atoms with Crippen LogP contribution in [0.4, 0.5) is 26.3 Å². The van der Waals surface area contributed by atoms with Crippen molar-refractivity contribution in [2.75, 3.05) is 13.1 Å². The number of piperidine rings is 1. The molecule has 1 amide bonds. The topological polar surface area (TPSA) is 107 Å². The van der Waals surface area contributed by atoms with E-state index in [-0.39, 0.29) is 43.1 Å². The van der Waals surface area contributed by atoms with Crippen molar-refractivity contribution < 1.29 is 46.1 Å². The molecule has 2 heterocycles. The van der Waals surface area contributed by atoms with Crippen LogP contribution >= 0.6 is 0 Å². The fraction of sp³-hybridized carbons (Fsp3) is 0.444. The van der Waals surface area contributed by atoms with Gasteiger partial charge in [0, 0.05) is 35.7 Å². The van der Waals surface area contributed by atoms with Gasteiger partial charge in [0.15, 0.2) is 0 Å². The molecule has 0 radical (unpaired) electrons. The summed E-state index contributed by atoms with van der Waals surface area (Å²) >= 11 is 0. The van der Waals surface area contributed by atoms with Gasteiger partial charge in [0.1, 0.15) is 11.6 Å². The van der Waals surface area contributed by atoms with Crippen LogP contribution in [-0.2, 0) is 15.2 Å². The monoisotopic (exact) mass is 571 g/mol. The average molecular weight is 572 g/mol. The Morgan fingerprint density at radius 2 is 1.57 bits per heavy atom. The smallest absolute Gasteiger partial charge is 0.430 e. The predicted octanol–water partition coefficient (Wildman–Crippen LogP) is 5.45. The van der Waals surface area contributed by atoms with E-state index in [1.54, 1.807) is 17.6 Å². The lowest BCUT2D eigenvalue weighted by atomic mass is 9.92. The molecule has 0 spiro atoms. The molecule has 2 N–H and O–H groups in total. The Morgan fingerprint density at radius 3 is 2.00 bits per heavy atom. The van der Waals surface area contributed by atoms with E-state index in [9.17, 15) is 46.3 Å². The first kappa shape index (κ1) is 30.7. The van der Waals surface area contributed by atoms with Crippen LogP contribution in [0.1, 0.15) is 55.1 Å². The molecule has 0 saturated carbocycles. The number of carboxylic acids is 1. The molecule has 2 aromatic rings. The number of hydrogen-bond acceptors (Lipinski definition) is 4. The Labute approximate surface area is 225 Å². The number of rotatable bonds is 6. The maximum Gasteiger partial charge on any atom is 0.430 e. The zero-order valence-electron chi connectivity index (χ0n) is 21.8. The van der Waals surface area contributed by atoms with Crippen molar-refractivity contribution in [3.05, 3.63) is 58.4 Å². The molecule has 3 rings (SSSR count). The lowest BCUT2D eigenvalue weighted by Gasteiger charge is -2.32. The standard InChI is InChI=1S/C27H27F6N3O4/c1-15(2)22-13-18(12-19(14-34)23(37)35-10-8-17(9-11-35)24(38)39)16(3)36(22)21-6-4-20(5-7-21)25(40,26(28,29)30)27(31,32)33/h4-7,12-13,15,17,40H,8-11H2,1-3H3,(H,38,39)/b19-12+. The SMILES string of the molecule is Cc1c(/C=C(\C#N)C(=O)N2CCC(C(=O)O)CC2)cc(C(C)C)n1-c1ccc(C(O)(C(F)(F)F)C(F)(F)F)cc1. The van der Waals surface area contributed by atoms with Crippen LogP contribution in [-0.4, -0.2) is 57.0 Å². The van der Waals surface area contributed by atoms with Gasteiger partial charge in [-0.1, -0.05) is 26.0 Å². The summed E-state index contributed by atoms with van der Waals surface area (Å²) < 4.78 is 81.3. The van der Waals surface area contributed by atoms with Gasteiger partial charge < -0.3 is 19.7 Å². The summed E-state index contributed by atoms with van der Waals surface area (Å²) in [5, 5.41) is 28.5. The number of likely N-dealkylation sites (tertiary alicyclic amines) is 1. The molecule has 7 nitrogen and oxygen atoms in total. The number of amides is 1. The molecular formula is C27H27F6N3O4. The average Bonchev–Trinajstić information content (AvgIpc) is 3.21. The summed E-state index contributed by atoms with van der Waals surface area (Å²) in [6.07, 6.45) is -10.2. The fourth-order valence-electron chi connectivity index (χ4n) is 4.70. The zero-order valence-corrected chi connectivity index (χ0v) is 21.8. The Kier molecular flexibility index (Phi) is 8.45. The molecule has 1 aromatic heterocycles. The minimum absolute atomic E-state index is 0.167. The third kappa shape index (κ3) is 5.58.